The fourth-order valence-electron chi connectivity index (χ4n) is 4.27. The number of hydrogen-bond donors (Lipinski definition) is 2. The van der Waals surface area contributed by atoms with E-state index in [1.54, 1.807) is 6.26 Å². The molecule has 0 saturated heterocycles. The van der Waals surface area contributed by atoms with Gasteiger partial charge in [-0.1, -0.05) is 36.4 Å². The number of aliphatic hydroxyl groups excluding tert-OH is 1. The van der Waals surface area contributed by atoms with Gasteiger partial charge in [0.05, 0.1) is 24.7 Å². The number of aromatic nitrogens is 2. The molecule has 0 spiro atoms. The number of nitrogens with one attached hydrogen (secondary N) is 1. The van der Waals surface area contributed by atoms with Crippen LogP contribution in [0.3, 0.4) is 0 Å². The molecular formula is C29H29N3O4S. The van der Waals surface area contributed by atoms with Crippen LogP contribution in [-0.2, 0) is 13.1 Å². The highest BCUT2D eigenvalue weighted by Crippen LogP contribution is 2.31. The van der Waals surface area contributed by atoms with Crippen molar-refractivity contribution in [2.24, 2.45) is 0 Å². The van der Waals surface area contributed by atoms with Gasteiger partial charge in [-0.05, 0) is 54.8 Å². The highest BCUT2D eigenvalue weighted by atomic mass is 32.1. The molecule has 8 heteroatoms. The summed E-state index contributed by atoms with van der Waals surface area (Å²) in [6.45, 7) is 5.39. The smallest absolute Gasteiger partial charge is 0.260 e. The second-order valence-corrected chi connectivity index (χ2v) is 10.0. The number of aliphatic hydroxyl groups is 1. The quantitative estimate of drug-likeness (QED) is 0.262. The number of H-pyrrole nitrogens is 1. The standard InChI is InChI=1S/C29H29N3O4S/c1-19-10-11-21(13-20(19)2)25-18-37-29-27(25)28(34)30-26(31-29)16-32(15-24-9-6-12-35-24)14-22(33)17-36-23-7-4-3-5-8-23/h3-13,18,22,33H,14-17H2,1-2H3,(H,30,31,34). The third-order valence-electron chi connectivity index (χ3n) is 6.30. The van der Waals surface area contributed by atoms with Crippen molar-refractivity contribution in [2.75, 3.05) is 13.2 Å². The van der Waals surface area contributed by atoms with E-state index in [4.69, 9.17) is 14.1 Å². The Balaban J connectivity index is 1.36. The Labute approximate surface area is 219 Å². The lowest BCUT2D eigenvalue weighted by molar-refractivity contribution is 0.0595. The highest BCUT2D eigenvalue weighted by molar-refractivity contribution is 7.17. The molecule has 2 N–H and O–H groups in total. The monoisotopic (exact) mass is 515 g/mol. The Morgan fingerprint density at radius 3 is 2.68 bits per heavy atom. The molecule has 0 aliphatic heterocycles. The van der Waals surface area contributed by atoms with Crippen molar-refractivity contribution in [3.05, 3.63) is 105 Å². The number of furan rings is 1. The highest BCUT2D eigenvalue weighted by Gasteiger charge is 2.18. The minimum Gasteiger partial charge on any atom is -0.491 e. The molecular weight excluding hydrogens is 486 g/mol. The van der Waals surface area contributed by atoms with Crippen LogP contribution in [0.5, 0.6) is 5.75 Å². The first-order valence-corrected chi connectivity index (χ1v) is 13.0. The summed E-state index contributed by atoms with van der Waals surface area (Å²) >= 11 is 1.46. The number of aryl methyl sites for hydroxylation is 2. The van der Waals surface area contributed by atoms with Crippen molar-refractivity contribution >= 4 is 21.6 Å². The first-order chi connectivity index (χ1) is 18.0. The maximum absolute atomic E-state index is 13.2. The molecule has 1 atom stereocenters. The van der Waals surface area contributed by atoms with Crippen molar-refractivity contribution < 1.29 is 14.3 Å². The summed E-state index contributed by atoms with van der Waals surface area (Å²) in [5.74, 6) is 1.99. The molecule has 0 fully saturated rings. The van der Waals surface area contributed by atoms with Gasteiger partial charge in [0.1, 0.15) is 34.9 Å². The molecule has 0 saturated carbocycles. The van der Waals surface area contributed by atoms with E-state index in [9.17, 15) is 9.90 Å². The van der Waals surface area contributed by atoms with Gasteiger partial charge in [-0.3, -0.25) is 9.69 Å². The van der Waals surface area contributed by atoms with Crippen LogP contribution in [0.4, 0.5) is 0 Å². The van der Waals surface area contributed by atoms with Crippen molar-refractivity contribution in [2.45, 2.75) is 33.0 Å². The molecule has 3 aromatic heterocycles. The SMILES string of the molecule is Cc1ccc(-c2csc3nc(CN(Cc4ccco4)CC(O)COc4ccccc4)[nH]c(=O)c23)cc1C. The number of rotatable bonds is 10. The fourth-order valence-corrected chi connectivity index (χ4v) is 5.24. The second kappa shape index (κ2) is 11.1. The Morgan fingerprint density at radius 1 is 1.08 bits per heavy atom. The summed E-state index contributed by atoms with van der Waals surface area (Å²) in [6, 6.07) is 19.3. The van der Waals surface area contributed by atoms with Crippen LogP contribution >= 0.6 is 11.3 Å². The van der Waals surface area contributed by atoms with Crippen LogP contribution in [0.15, 0.2) is 81.5 Å². The van der Waals surface area contributed by atoms with Crippen LogP contribution in [-0.4, -0.2) is 39.2 Å². The summed E-state index contributed by atoms with van der Waals surface area (Å²) < 4.78 is 11.3. The summed E-state index contributed by atoms with van der Waals surface area (Å²) in [6.07, 6.45) is 0.873. The predicted molar refractivity (Wildman–Crippen MR) is 146 cm³/mol. The third-order valence-corrected chi connectivity index (χ3v) is 7.17. The normalized spacial score (nSPS) is 12.3. The number of nitrogens with zero attached hydrogens (tertiary/aromatic N) is 2. The fraction of sp³-hybridized carbons (Fsp3) is 0.241. The summed E-state index contributed by atoms with van der Waals surface area (Å²) in [4.78, 5) is 23.6. The van der Waals surface area contributed by atoms with E-state index in [1.165, 1.54) is 22.5 Å². The Hall–Kier alpha value is -3.72. The lowest BCUT2D eigenvalue weighted by Gasteiger charge is -2.24. The van der Waals surface area contributed by atoms with E-state index in [2.05, 4.69) is 31.0 Å². The average Bonchev–Trinajstić information content (AvgIpc) is 3.55. The Kier molecular flexibility index (Phi) is 7.50. The molecule has 0 amide bonds. The van der Waals surface area contributed by atoms with Gasteiger partial charge < -0.3 is 19.2 Å². The van der Waals surface area contributed by atoms with Crippen LogP contribution in [0, 0.1) is 13.8 Å². The molecule has 3 heterocycles. The number of hydrogen-bond acceptors (Lipinski definition) is 7. The summed E-state index contributed by atoms with van der Waals surface area (Å²) in [7, 11) is 0. The van der Waals surface area contributed by atoms with Gasteiger partial charge in [0.15, 0.2) is 0 Å². The molecule has 2 aromatic carbocycles. The zero-order valence-electron chi connectivity index (χ0n) is 20.8. The molecule has 7 nitrogen and oxygen atoms in total. The second-order valence-electron chi connectivity index (χ2n) is 9.17. The average molecular weight is 516 g/mol. The van der Waals surface area contributed by atoms with E-state index in [0.29, 0.717) is 41.4 Å². The minimum absolute atomic E-state index is 0.145. The molecule has 0 aliphatic rings. The number of aromatic amines is 1. The van der Waals surface area contributed by atoms with E-state index >= 15 is 0 Å². The van der Waals surface area contributed by atoms with Crippen molar-refractivity contribution in [3.8, 4) is 16.9 Å². The van der Waals surface area contributed by atoms with Gasteiger partial charge in [-0.2, -0.15) is 0 Å². The van der Waals surface area contributed by atoms with Crippen LogP contribution < -0.4 is 10.3 Å². The minimum atomic E-state index is -0.747. The Bertz CT molecular complexity index is 1530. The molecule has 37 heavy (non-hydrogen) atoms. The van der Waals surface area contributed by atoms with Crippen LogP contribution in [0.1, 0.15) is 22.7 Å². The summed E-state index contributed by atoms with van der Waals surface area (Å²) in [5, 5.41) is 13.3. The maximum atomic E-state index is 13.2. The molecule has 0 aliphatic carbocycles. The molecule has 5 rings (SSSR count). The maximum Gasteiger partial charge on any atom is 0.260 e. The summed E-state index contributed by atoms with van der Waals surface area (Å²) in [5.41, 5.74) is 4.13. The number of fused-ring (bicyclic) bond motifs is 1. The van der Waals surface area contributed by atoms with E-state index in [1.807, 2.05) is 58.8 Å². The van der Waals surface area contributed by atoms with E-state index < -0.39 is 6.10 Å². The van der Waals surface area contributed by atoms with Crippen LogP contribution in [0.25, 0.3) is 21.3 Å². The van der Waals surface area contributed by atoms with Crippen molar-refractivity contribution in [1.82, 2.24) is 14.9 Å². The molecule has 190 valence electrons. The van der Waals surface area contributed by atoms with Gasteiger partial charge in [0.2, 0.25) is 0 Å². The number of para-hydroxylation sites is 1. The zero-order chi connectivity index (χ0) is 25.8. The first kappa shape index (κ1) is 25.0. The lowest BCUT2D eigenvalue weighted by Crippen LogP contribution is -2.35. The first-order valence-electron chi connectivity index (χ1n) is 12.1. The van der Waals surface area contributed by atoms with E-state index in [-0.39, 0.29) is 12.2 Å². The topological polar surface area (TPSA) is 91.6 Å². The van der Waals surface area contributed by atoms with Crippen LogP contribution in [0.2, 0.25) is 0 Å². The number of ether oxygens (including phenoxy) is 1. The molecule has 0 radical (unpaired) electrons. The lowest BCUT2D eigenvalue weighted by atomic mass is 10.0. The van der Waals surface area contributed by atoms with Gasteiger partial charge in [0, 0.05) is 17.5 Å². The predicted octanol–water partition coefficient (Wildman–Crippen LogP) is 5.30. The zero-order valence-corrected chi connectivity index (χ0v) is 21.6. The molecule has 1 unspecified atom stereocenters. The van der Waals surface area contributed by atoms with Gasteiger partial charge in [-0.15, -0.1) is 11.3 Å². The molecule has 5 aromatic rings. The van der Waals surface area contributed by atoms with Gasteiger partial charge in [0.25, 0.3) is 5.56 Å². The number of thiophene rings is 1. The Morgan fingerprint density at radius 2 is 1.92 bits per heavy atom. The van der Waals surface area contributed by atoms with E-state index in [0.717, 1.165) is 16.9 Å². The van der Waals surface area contributed by atoms with Gasteiger partial charge in [-0.25, -0.2) is 4.98 Å². The van der Waals surface area contributed by atoms with Gasteiger partial charge >= 0.3 is 0 Å². The third kappa shape index (κ3) is 5.99. The largest absolute Gasteiger partial charge is 0.491 e. The molecule has 0 bridgehead atoms. The number of benzene rings is 2. The van der Waals surface area contributed by atoms with Crippen molar-refractivity contribution in [3.63, 3.8) is 0 Å². The van der Waals surface area contributed by atoms with Crippen molar-refractivity contribution in [1.29, 1.82) is 0 Å².